The minimum Gasteiger partial charge on any atom is -0.223 e. The van der Waals surface area contributed by atoms with Crippen LogP contribution in [0.1, 0.15) is 0 Å². The molecule has 8 heteroatoms. The van der Waals surface area contributed by atoms with Crippen LogP contribution in [0.2, 0.25) is 0 Å². The van der Waals surface area contributed by atoms with Crippen molar-refractivity contribution >= 4 is 19.7 Å². The summed E-state index contributed by atoms with van der Waals surface area (Å²) >= 11 is 0. The summed E-state index contributed by atoms with van der Waals surface area (Å²) in [5.41, 5.74) is -0.921. The second-order valence-corrected chi connectivity index (χ2v) is 6.59. The van der Waals surface area contributed by atoms with E-state index in [9.17, 15) is 16.8 Å². The largest absolute Gasteiger partial charge is 0.223 e. The molecule has 0 spiro atoms. The normalized spacial score (nSPS) is 11.1. The fourth-order valence-electron chi connectivity index (χ4n) is 0.762. The van der Waals surface area contributed by atoms with Crippen LogP contribution < -0.4 is 0 Å². The molecule has 0 aliphatic carbocycles. The molecule has 6 nitrogen and oxygen atoms in total. The molecule has 0 amide bonds. The number of nitrogens with zero attached hydrogens (tertiary/aromatic N) is 2. The highest BCUT2D eigenvalue weighted by molar-refractivity contribution is 8.13. The standard InChI is InChI=1S/C6H6N2O4S2/c1-13(9,10)6(14(2,11)12)5(3-7)4-8/h1-2H3. The van der Waals surface area contributed by atoms with E-state index in [1.165, 1.54) is 12.1 Å². The van der Waals surface area contributed by atoms with Gasteiger partial charge in [0, 0.05) is 12.5 Å². The van der Waals surface area contributed by atoms with Crippen LogP contribution in [0.25, 0.3) is 0 Å². The summed E-state index contributed by atoms with van der Waals surface area (Å²) in [4.78, 5) is 0. The topological polar surface area (TPSA) is 116 Å². The molecule has 0 saturated carbocycles. The molecule has 0 aliphatic heterocycles. The Balaban J connectivity index is 6.33. The molecule has 14 heavy (non-hydrogen) atoms. The molecule has 76 valence electrons. The third-order valence-corrected chi connectivity index (χ3v) is 4.67. The van der Waals surface area contributed by atoms with Crippen molar-refractivity contribution in [3.05, 3.63) is 9.81 Å². The van der Waals surface area contributed by atoms with E-state index in [-0.39, 0.29) is 0 Å². The summed E-state index contributed by atoms with van der Waals surface area (Å²) in [5, 5.41) is 16.7. The van der Waals surface area contributed by atoms with Gasteiger partial charge in [-0.05, 0) is 0 Å². The van der Waals surface area contributed by atoms with Crippen LogP contribution in [0.3, 0.4) is 0 Å². The zero-order chi connectivity index (χ0) is 11.6. The Bertz CT molecular complexity index is 504. The molecule has 0 aliphatic rings. The van der Waals surface area contributed by atoms with Gasteiger partial charge in [0.15, 0.2) is 29.5 Å². The lowest BCUT2D eigenvalue weighted by Gasteiger charge is -2.00. The summed E-state index contributed by atoms with van der Waals surface area (Å²) in [7, 11) is -8.20. The van der Waals surface area contributed by atoms with Crippen molar-refractivity contribution in [3.63, 3.8) is 0 Å². The molecule has 0 radical (unpaired) electrons. The fraction of sp³-hybridized carbons (Fsp3) is 0.333. The maximum Gasteiger partial charge on any atom is 0.188 e. The summed E-state index contributed by atoms with van der Waals surface area (Å²) in [6.45, 7) is 0. The number of sulfone groups is 2. The van der Waals surface area contributed by atoms with Crippen LogP contribution >= 0.6 is 0 Å². The van der Waals surface area contributed by atoms with Crippen molar-refractivity contribution in [2.24, 2.45) is 0 Å². The van der Waals surface area contributed by atoms with Crippen LogP contribution in [0.15, 0.2) is 9.81 Å². The molecule has 0 rings (SSSR count). The molecule has 0 aromatic heterocycles. The van der Waals surface area contributed by atoms with Crippen molar-refractivity contribution in [2.45, 2.75) is 0 Å². The van der Waals surface area contributed by atoms with Gasteiger partial charge < -0.3 is 0 Å². The molecule has 0 saturated heterocycles. The molecule has 0 aromatic rings. The van der Waals surface area contributed by atoms with Gasteiger partial charge in [-0.2, -0.15) is 10.5 Å². The van der Waals surface area contributed by atoms with Crippen LogP contribution in [0, 0.1) is 22.7 Å². The molecule has 0 aromatic carbocycles. The first-order chi connectivity index (χ1) is 6.14. The number of nitriles is 2. The molecule has 0 bridgehead atoms. The zero-order valence-electron chi connectivity index (χ0n) is 7.34. The Morgan fingerprint density at radius 1 is 0.929 bits per heavy atom. The maximum atomic E-state index is 11.0. The summed E-state index contributed by atoms with van der Waals surface area (Å²) in [6, 6.07) is 2.45. The van der Waals surface area contributed by atoms with Crippen LogP contribution in [0.5, 0.6) is 0 Å². The van der Waals surface area contributed by atoms with Crippen molar-refractivity contribution in [1.82, 2.24) is 0 Å². The van der Waals surface area contributed by atoms with E-state index in [1.807, 2.05) is 0 Å². The lowest BCUT2D eigenvalue weighted by Crippen LogP contribution is -2.13. The highest BCUT2D eigenvalue weighted by Gasteiger charge is 2.27. The minimum atomic E-state index is -4.10. The molecular formula is C6H6N2O4S2. The van der Waals surface area contributed by atoms with Crippen LogP contribution in [-0.4, -0.2) is 29.3 Å². The Morgan fingerprint density at radius 2 is 1.21 bits per heavy atom. The summed E-state index contributed by atoms with van der Waals surface area (Å²) < 4.78 is 42.9. The van der Waals surface area contributed by atoms with Gasteiger partial charge in [0.1, 0.15) is 12.1 Å². The second kappa shape index (κ2) is 3.78. The highest BCUT2D eigenvalue weighted by atomic mass is 32.3. The molecule has 0 unspecified atom stereocenters. The molecule has 0 heterocycles. The SMILES string of the molecule is CS(=O)(=O)C(=C(C#N)C#N)S(C)(=O)=O. The van der Waals surface area contributed by atoms with Gasteiger partial charge in [-0.3, -0.25) is 0 Å². The molecule has 0 N–H and O–H groups in total. The van der Waals surface area contributed by atoms with E-state index >= 15 is 0 Å². The molecule has 0 atom stereocenters. The summed E-state index contributed by atoms with van der Waals surface area (Å²) in [6.07, 6.45) is 1.25. The number of hydrogen-bond acceptors (Lipinski definition) is 6. The summed E-state index contributed by atoms with van der Waals surface area (Å²) in [5.74, 6) is 0. The van der Waals surface area contributed by atoms with Gasteiger partial charge in [0.2, 0.25) is 0 Å². The van der Waals surface area contributed by atoms with Gasteiger partial charge >= 0.3 is 0 Å². The first kappa shape index (κ1) is 12.6. The molecular weight excluding hydrogens is 228 g/mol. The smallest absolute Gasteiger partial charge is 0.188 e. The van der Waals surface area contributed by atoms with Crippen LogP contribution in [-0.2, 0) is 19.7 Å². The van der Waals surface area contributed by atoms with Crippen molar-refractivity contribution in [3.8, 4) is 12.1 Å². The van der Waals surface area contributed by atoms with Gasteiger partial charge in [-0.1, -0.05) is 0 Å². The second-order valence-electron chi connectivity index (χ2n) is 2.43. The Kier molecular flexibility index (Phi) is 3.41. The van der Waals surface area contributed by atoms with Crippen molar-refractivity contribution < 1.29 is 16.8 Å². The van der Waals surface area contributed by atoms with E-state index in [4.69, 9.17) is 10.5 Å². The van der Waals surface area contributed by atoms with Crippen molar-refractivity contribution in [1.29, 1.82) is 10.5 Å². The van der Waals surface area contributed by atoms with Gasteiger partial charge in [0.05, 0.1) is 0 Å². The highest BCUT2D eigenvalue weighted by Crippen LogP contribution is 2.16. The lowest BCUT2D eigenvalue weighted by atomic mass is 10.4. The first-order valence-corrected chi connectivity index (χ1v) is 6.87. The van der Waals surface area contributed by atoms with Gasteiger partial charge in [0.25, 0.3) is 0 Å². The number of hydrogen-bond donors (Lipinski definition) is 0. The van der Waals surface area contributed by atoms with E-state index < -0.39 is 29.5 Å². The van der Waals surface area contributed by atoms with E-state index in [0.717, 1.165) is 0 Å². The predicted octanol–water partition coefficient (Wildman–Crippen LogP) is -0.666. The number of rotatable bonds is 2. The average Bonchev–Trinajstić information content (AvgIpc) is 1.94. The Hall–Kier alpha value is -1.38. The predicted molar refractivity (Wildman–Crippen MR) is 47.9 cm³/mol. The molecule has 0 fully saturated rings. The van der Waals surface area contributed by atoms with E-state index in [1.54, 1.807) is 0 Å². The Morgan fingerprint density at radius 3 is 1.29 bits per heavy atom. The Labute approximate surface area is 81.9 Å². The van der Waals surface area contributed by atoms with E-state index in [0.29, 0.717) is 12.5 Å². The zero-order valence-corrected chi connectivity index (χ0v) is 8.98. The fourth-order valence-corrected chi connectivity index (χ4v) is 3.89. The van der Waals surface area contributed by atoms with Gasteiger partial charge in [-0.25, -0.2) is 16.8 Å². The van der Waals surface area contributed by atoms with Gasteiger partial charge in [-0.15, -0.1) is 0 Å². The lowest BCUT2D eigenvalue weighted by molar-refractivity contribution is 0.601. The van der Waals surface area contributed by atoms with E-state index in [2.05, 4.69) is 0 Å². The quantitative estimate of drug-likeness (QED) is 0.585. The number of allylic oxidation sites excluding steroid dienone is 1. The minimum absolute atomic E-state index is 0.623. The van der Waals surface area contributed by atoms with Crippen LogP contribution in [0.4, 0.5) is 0 Å². The van der Waals surface area contributed by atoms with Crippen molar-refractivity contribution in [2.75, 3.05) is 12.5 Å². The third kappa shape index (κ3) is 2.83. The maximum absolute atomic E-state index is 11.0. The monoisotopic (exact) mass is 234 g/mol. The third-order valence-electron chi connectivity index (χ3n) is 1.10. The first-order valence-electron chi connectivity index (χ1n) is 3.09. The average molecular weight is 234 g/mol.